The SMILES string of the molecule is CC.CC1(c2ncccn2)CC1. The average Bonchev–Trinajstić information content (AvgIpc) is 2.90. The molecule has 1 fully saturated rings. The number of hydrogen-bond donors (Lipinski definition) is 0. The van der Waals surface area contributed by atoms with Gasteiger partial charge in [0.25, 0.3) is 0 Å². The van der Waals surface area contributed by atoms with E-state index in [0.717, 1.165) is 5.82 Å². The third kappa shape index (κ3) is 1.81. The minimum Gasteiger partial charge on any atom is -0.241 e. The maximum Gasteiger partial charge on any atom is 0.134 e. The van der Waals surface area contributed by atoms with Crippen LogP contribution in [0.5, 0.6) is 0 Å². The zero-order valence-electron chi connectivity index (χ0n) is 8.04. The van der Waals surface area contributed by atoms with E-state index in [1.54, 1.807) is 0 Å². The lowest BCUT2D eigenvalue weighted by molar-refractivity contribution is 0.708. The number of rotatable bonds is 1. The van der Waals surface area contributed by atoms with Crippen LogP contribution in [-0.4, -0.2) is 9.97 Å². The van der Waals surface area contributed by atoms with Crippen molar-refractivity contribution in [3.63, 3.8) is 0 Å². The van der Waals surface area contributed by atoms with E-state index < -0.39 is 0 Å². The Bertz CT molecular complexity index is 227. The van der Waals surface area contributed by atoms with E-state index in [0.29, 0.717) is 5.41 Å². The molecule has 0 radical (unpaired) electrons. The van der Waals surface area contributed by atoms with Crippen molar-refractivity contribution in [3.8, 4) is 0 Å². The van der Waals surface area contributed by atoms with Gasteiger partial charge in [0.1, 0.15) is 5.82 Å². The second-order valence-electron chi connectivity index (χ2n) is 3.13. The summed E-state index contributed by atoms with van der Waals surface area (Å²) in [5.74, 6) is 1.01. The molecule has 2 nitrogen and oxygen atoms in total. The quantitative estimate of drug-likeness (QED) is 0.637. The van der Waals surface area contributed by atoms with Crippen LogP contribution < -0.4 is 0 Å². The first-order valence-electron chi connectivity index (χ1n) is 4.59. The second-order valence-corrected chi connectivity index (χ2v) is 3.13. The highest BCUT2D eigenvalue weighted by molar-refractivity contribution is 5.14. The summed E-state index contributed by atoms with van der Waals surface area (Å²) < 4.78 is 0. The Morgan fingerprint density at radius 1 is 1.17 bits per heavy atom. The summed E-state index contributed by atoms with van der Waals surface area (Å²) >= 11 is 0. The van der Waals surface area contributed by atoms with E-state index in [1.807, 2.05) is 32.3 Å². The number of hydrogen-bond acceptors (Lipinski definition) is 2. The molecule has 1 saturated carbocycles. The molecule has 0 saturated heterocycles. The van der Waals surface area contributed by atoms with E-state index in [2.05, 4.69) is 16.9 Å². The molecule has 1 heterocycles. The molecule has 1 aromatic heterocycles. The first-order chi connectivity index (χ1) is 5.81. The molecule has 0 aliphatic heterocycles. The third-order valence-corrected chi connectivity index (χ3v) is 2.11. The van der Waals surface area contributed by atoms with Crippen LogP contribution in [0.25, 0.3) is 0 Å². The van der Waals surface area contributed by atoms with Crippen LogP contribution in [0.1, 0.15) is 39.4 Å². The van der Waals surface area contributed by atoms with Crippen molar-refractivity contribution in [1.82, 2.24) is 9.97 Å². The molecule has 1 aromatic rings. The molecule has 0 N–H and O–H groups in total. The molecule has 1 aliphatic rings. The predicted molar refractivity (Wildman–Crippen MR) is 50.0 cm³/mol. The van der Waals surface area contributed by atoms with Gasteiger partial charge in [0.2, 0.25) is 0 Å². The van der Waals surface area contributed by atoms with E-state index in [1.165, 1.54) is 12.8 Å². The monoisotopic (exact) mass is 164 g/mol. The summed E-state index contributed by atoms with van der Waals surface area (Å²) in [6.07, 6.45) is 6.12. The summed E-state index contributed by atoms with van der Waals surface area (Å²) in [5, 5.41) is 0. The van der Waals surface area contributed by atoms with E-state index in [-0.39, 0.29) is 0 Å². The molecule has 0 bridgehead atoms. The van der Waals surface area contributed by atoms with E-state index >= 15 is 0 Å². The second kappa shape index (κ2) is 3.65. The fraction of sp³-hybridized carbons (Fsp3) is 0.600. The van der Waals surface area contributed by atoms with Gasteiger partial charge >= 0.3 is 0 Å². The Labute approximate surface area is 74.1 Å². The van der Waals surface area contributed by atoms with Crippen molar-refractivity contribution in [2.75, 3.05) is 0 Å². The van der Waals surface area contributed by atoms with Crippen molar-refractivity contribution in [1.29, 1.82) is 0 Å². The normalized spacial score (nSPS) is 17.6. The molecule has 0 aromatic carbocycles. The van der Waals surface area contributed by atoms with Crippen molar-refractivity contribution in [2.24, 2.45) is 0 Å². The maximum absolute atomic E-state index is 4.20. The number of nitrogens with zero attached hydrogens (tertiary/aromatic N) is 2. The van der Waals surface area contributed by atoms with Crippen LogP contribution in [0, 0.1) is 0 Å². The van der Waals surface area contributed by atoms with Crippen molar-refractivity contribution >= 4 is 0 Å². The first kappa shape index (κ1) is 9.17. The highest BCUT2D eigenvalue weighted by Gasteiger charge is 2.41. The van der Waals surface area contributed by atoms with Crippen LogP contribution >= 0.6 is 0 Å². The average molecular weight is 164 g/mol. The van der Waals surface area contributed by atoms with E-state index in [9.17, 15) is 0 Å². The highest BCUT2D eigenvalue weighted by Crippen LogP contribution is 2.45. The fourth-order valence-electron chi connectivity index (χ4n) is 1.02. The topological polar surface area (TPSA) is 25.8 Å². The highest BCUT2D eigenvalue weighted by atomic mass is 14.9. The Kier molecular flexibility index (Phi) is 2.79. The lowest BCUT2D eigenvalue weighted by Gasteiger charge is -2.03. The lowest BCUT2D eigenvalue weighted by Crippen LogP contribution is -2.04. The minimum absolute atomic E-state index is 0.321. The van der Waals surface area contributed by atoms with Gasteiger partial charge in [0.05, 0.1) is 0 Å². The zero-order chi connectivity index (χ0) is 9.03. The van der Waals surface area contributed by atoms with Gasteiger partial charge in [-0.25, -0.2) is 9.97 Å². The summed E-state index contributed by atoms with van der Waals surface area (Å²) in [7, 11) is 0. The van der Waals surface area contributed by atoms with Crippen molar-refractivity contribution < 1.29 is 0 Å². The Morgan fingerprint density at radius 2 is 1.67 bits per heavy atom. The smallest absolute Gasteiger partial charge is 0.134 e. The minimum atomic E-state index is 0.321. The van der Waals surface area contributed by atoms with Crippen LogP contribution in [0.15, 0.2) is 18.5 Å². The van der Waals surface area contributed by atoms with Crippen LogP contribution in [0.2, 0.25) is 0 Å². The van der Waals surface area contributed by atoms with Gasteiger partial charge in [-0.3, -0.25) is 0 Å². The van der Waals surface area contributed by atoms with Crippen molar-refractivity contribution in [2.45, 2.75) is 39.0 Å². The van der Waals surface area contributed by atoms with Crippen LogP contribution in [-0.2, 0) is 5.41 Å². The zero-order valence-corrected chi connectivity index (χ0v) is 8.04. The summed E-state index contributed by atoms with van der Waals surface area (Å²) in [4.78, 5) is 8.40. The largest absolute Gasteiger partial charge is 0.241 e. The first-order valence-corrected chi connectivity index (χ1v) is 4.59. The molecule has 66 valence electrons. The number of aromatic nitrogens is 2. The molecule has 0 amide bonds. The van der Waals surface area contributed by atoms with Crippen LogP contribution in [0.4, 0.5) is 0 Å². The lowest BCUT2D eigenvalue weighted by atomic mass is 10.1. The summed E-state index contributed by atoms with van der Waals surface area (Å²) in [6.45, 7) is 6.21. The molecule has 0 unspecified atom stereocenters. The molecule has 2 rings (SSSR count). The predicted octanol–water partition coefficient (Wildman–Crippen LogP) is 2.55. The maximum atomic E-state index is 4.20. The van der Waals surface area contributed by atoms with Crippen molar-refractivity contribution in [3.05, 3.63) is 24.3 Å². The van der Waals surface area contributed by atoms with Gasteiger partial charge in [-0.05, 0) is 18.9 Å². The molecule has 2 heteroatoms. The van der Waals surface area contributed by atoms with Gasteiger partial charge < -0.3 is 0 Å². The van der Waals surface area contributed by atoms with Gasteiger partial charge in [0.15, 0.2) is 0 Å². The van der Waals surface area contributed by atoms with E-state index in [4.69, 9.17) is 0 Å². The molecular weight excluding hydrogens is 148 g/mol. The Morgan fingerprint density at radius 3 is 2.08 bits per heavy atom. The van der Waals surface area contributed by atoms with Gasteiger partial charge in [-0.1, -0.05) is 20.8 Å². The van der Waals surface area contributed by atoms with Gasteiger partial charge in [-0.2, -0.15) is 0 Å². The van der Waals surface area contributed by atoms with Gasteiger partial charge in [-0.15, -0.1) is 0 Å². The van der Waals surface area contributed by atoms with Crippen LogP contribution in [0.3, 0.4) is 0 Å². The standard InChI is InChI=1S/C8H10N2.C2H6/c1-8(3-4-8)7-9-5-2-6-10-7;1-2/h2,5-6H,3-4H2,1H3;1-2H3. The summed E-state index contributed by atoms with van der Waals surface area (Å²) in [6, 6.07) is 1.86. The summed E-state index contributed by atoms with van der Waals surface area (Å²) in [5.41, 5.74) is 0.321. The molecule has 1 aliphatic carbocycles. The molecule has 12 heavy (non-hydrogen) atoms. The Balaban J connectivity index is 0.000000336. The third-order valence-electron chi connectivity index (χ3n) is 2.11. The molecular formula is C10H16N2. The molecule has 0 atom stereocenters. The molecule has 0 spiro atoms. The Hall–Kier alpha value is -0.920. The van der Waals surface area contributed by atoms with Gasteiger partial charge in [0, 0.05) is 17.8 Å². The fourth-order valence-corrected chi connectivity index (χ4v) is 1.02.